The van der Waals surface area contributed by atoms with Crippen LogP contribution in [-0.4, -0.2) is 60.7 Å². The molecule has 1 saturated heterocycles. The van der Waals surface area contributed by atoms with Crippen molar-refractivity contribution in [3.05, 3.63) is 23.8 Å². The van der Waals surface area contributed by atoms with E-state index in [-0.39, 0.29) is 5.91 Å². The predicted octanol–water partition coefficient (Wildman–Crippen LogP) is 2.59. The van der Waals surface area contributed by atoms with Crippen LogP contribution in [0.4, 0.5) is 5.69 Å². The Morgan fingerprint density at radius 2 is 2.00 bits per heavy atom. The molecule has 6 nitrogen and oxygen atoms in total. The van der Waals surface area contributed by atoms with Crippen LogP contribution >= 0.6 is 23.5 Å². The maximum absolute atomic E-state index is 12.8. The maximum atomic E-state index is 12.8. The second-order valence-corrected chi connectivity index (χ2v) is 11.1. The summed E-state index contributed by atoms with van der Waals surface area (Å²) >= 11 is 3.21. The molecule has 0 bridgehead atoms. The third-order valence-electron chi connectivity index (χ3n) is 5.05. The molecule has 1 amide bonds. The van der Waals surface area contributed by atoms with E-state index in [0.717, 1.165) is 53.6 Å². The van der Waals surface area contributed by atoms with Crippen molar-refractivity contribution in [3.63, 3.8) is 0 Å². The summed E-state index contributed by atoms with van der Waals surface area (Å²) in [5, 5.41) is 0. The fourth-order valence-corrected chi connectivity index (χ4v) is 7.13. The van der Waals surface area contributed by atoms with Gasteiger partial charge in [-0.05, 0) is 49.4 Å². The number of sulfonamides is 1. The van der Waals surface area contributed by atoms with Gasteiger partial charge in [-0.3, -0.25) is 9.79 Å². The van der Waals surface area contributed by atoms with Crippen molar-refractivity contribution in [2.75, 3.05) is 42.6 Å². The molecule has 1 aromatic carbocycles. The summed E-state index contributed by atoms with van der Waals surface area (Å²) in [4.78, 5) is 19.3. The van der Waals surface area contributed by atoms with E-state index in [1.165, 1.54) is 11.8 Å². The lowest BCUT2D eigenvalue weighted by Crippen LogP contribution is -2.37. The Kier molecular flexibility index (Phi) is 5.82. The molecular weight excluding hydrogens is 402 g/mol. The van der Waals surface area contributed by atoms with E-state index in [0.29, 0.717) is 30.3 Å². The highest BCUT2D eigenvalue weighted by Crippen LogP contribution is 2.32. The van der Waals surface area contributed by atoms with E-state index in [1.54, 1.807) is 33.1 Å². The molecule has 0 atom stereocenters. The molecule has 3 aliphatic heterocycles. The van der Waals surface area contributed by atoms with Crippen LogP contribution in [0.2, 0.25) is 0 Å². The summed E-state index contributed by atoms with van der Waals surface area (Å²) < 4.78 is 28.2. The van der Waals surface area contributed by atoms with Gasteiger partial charge in [-0.2, -0.15) is 4.31 Å². The monoisotopic (exact) mass is 425 g/mol. The van der Waals surface area contributed by atoms with Gasteiger partial charge in [0.05, 0.1) is 17.2 Å². The zero-order valence-corrected chi connectivity index (χ0v) is 17.5. The van der Waals surface area contributed by atoms with Gasteiger partial charge in [0.25, 0.3) is 0 Å². The molecule has 1 aromatic rings. The molecule has 146 valence electrons. The second-order valence-electron chi connectivity index (χ2n) is 6.84. The molecule has 1 fully saturated rings. The van der Waals surface area contributed by atoms with Gasteiger partial charge in [-0.15, -0.1) is 0 Å². The number of anilines is 1. The molecule has 3 heterocycles. The first-order chi connectivity index (χ1) is 13.1. The second kappa shape index (κ2) is 8.14. The summed E-state index contributed by atoms with van der Waals surface area (Å²) in [6, 6.07) is 5.23. The number of benzene rings is 1. The normalized spacial score (nSPS) is 20.6. The van der Waals surface area contributed by atoms with Crippen LogP contribution in [0, 0.1) is 0 Å². The number of aliphatic imine (C=N–C) groups is 1. The number of hydrogen-bond acceptors (Lipinski definition) is 6. The van der Waals surface area contributed by atoms with E-state index in [1.807, 2.05) is 6.07 Å². The van der Waals surface area contributed by atoms with Gasteiger partial charge in [-0.1, -0.05) is 23.5 Å². The van der Waals surface area contributed by atoms with Gasteiger partial charge < -0.3 is 4.90 Å². The highest BCUT2D eigenvalue weighted by Gasteiger charge is 2.29. The van der Waals surface area contributed by atoms with Crippen LogP contribution in [-0.2, 0) is 21.2 Å². The minimum atomic E-state index is -3.42. The topological polar surface area (TPSA) is 70.0 Å². The first-order valence-corrected chi connectivity index (χ1v) is 12.7. The Balaban J connectivity index is 1.52. The van der Waals surface area contributed by atoms with Gasteiger partial charge in [0.2, 0.25) is 15.9 Å². The Hall–Kier alpha value is -1.03. The van der Waals surface area contributed by atoms with E-state index in [2.05, 4.69) is 4.99 Å². The smallest absolute Gasteiger partial charge is 0.243 e. The third-order valence-corrected chi connectivity index (χ3v) is 9.18. The average molecular weight is 426 g/mol. The SMILES string of the molecule is O=C(CSC1=NCCS1)N1CCCc2cc(S(=O)(=O)N3CCCC3)ccc21. The zero-order valence-electron chi connectivity index (χ0n) is 15.1. The van der Waals surface area contributed by atoms with Crippen molar-refractivity contribution < 1.29 is 13.2 Å². The van der Waals surface area contributed by atoms with Crippen LogP contribution in [0.1, 0.15) is 24.8 Å². The summed E-state index contributed by atoms with van der Waals surface area (Å²) in [6.07, 6.45) is 3.51. The molecule has 0 spiro atoms. The van der Waals surface area contributed by atoms with E-state index in [9.17, 15) is 13.2 Å². The lowest BCUT2D eigenvalue weighted by Gasteiger charge is -2.30. The number of hydrogen-bond donors (Lipinski definition) is 0. The van der Waals surface area contributed by atoms with Gasteiger partial charge in [0.1, 0.15) is 4.38 Å². The minimum Gasteiger partial charge on any atom is -0.311 e. The number of nitrogens with zero attached hydrogens (tertiary/aromatic N) is 3. The quantitative estimate of drug-likeness (QED) is 0.742. The number of carbonyl (C=O) groups is 1. The van der Waals surface area contributed by atoms with Crippen molar-refractivity contribution in [1.29, 1.82) is 0 Å². The number of thioether (sulfide) groups is 2. The van der Waals surface area contributed by atoms with Crippen molar-refractivity contribution in [3.8, 4) is 0 Å². The van der Waals surface area contributed by atoms with E-state index in [4.69, 9.17) is 0 Å². The molecule has 0 radical (unpaired) electrons. The highest BCUT2D eigenvalue weighted by molar-refractivity contribution is 8.39. The summed E-state index contributed by atoms with van der Waals surface area (Å²) in [7, 11) is -3.42. The number of rotatable bonds is 4. The third kappa shape index (κ3) is 4.06. The van der Waals surface area contributed by atoms with Crippen LogP contribution < -0.4 is 4.90 Å². The van der Waals surface area contributed by atoms with Crippen molar-refractivity contribution >= 4 is 49.5 Å². The molecule has 0 saturated carbocycles. The molecule has 0 aromatic heterocycles. The van der Waals surface area contributed by atoms with Gasteiger partial charge >= 0.3 is 0 Å². The van der Waals surface area contributed by atoms with E-state index >= 15 is 0 Å². The van der Waals surface area contributed by atoms with Crippen molar-refractivity contribution in [2.24, 2.45) is 4.99 Å². The van der Waals surface area contributed by atoms with Crippen molar-refractivity contribution in [2.45, 2.75) is 30.6 Å². The molecule has 9 heteroatoms. The minimum absolute atomic E-state index is 0.0614. The van der Waals surface area contributed by atoms with Gasteiger partial charge in [-0.25, -0.2) is 8.42 Å². The molecule has 0 aliphatic carbocycles. The Morgan fingerprint density at radius 3 is 2.74 bits per heavy atom. The first-order valence-electron chi connectivity index (χ1n) is 9.29. The summed E-state index contributed by atoms with van der Waals surface area (Å²) in [5.41, 5.74) is 1.81. The predicted molar refractivity (Wildman–Crippen MR) is 112 cm³/mol. The molecule has 0 N–H and O–H groups in total. The number of fused-ring (bicyclic) bond motifs is 1. The van der Waals surface area contributed by atoms with Crippen LogP contribution in [0.5, 0.6) is 0 Å². The average Bonchev–Trinajstić information content (AvgIpc) is 3.39. The highest BCUT2D eigenvalue weighted by atomic mass is 32.2. The van der Waals surface area contributed by atoms with Crippen LogP contribution in [0.3, 0.4) is 0 Å². The number of aryl methyl sites for hydroxylation is 1. The molecule has 4 rings (SSSR count). The lowest BCUT2D eigenvalue weighted by molar-refractivity contribution is -0.116. The lowest BCUT2D eigenvalue weighted by atomic mass is 10.0. The number of amides is 1. The fourth-order valence-electron chi connectivity index (χ4n) is 3.67. The maximum Gasteiger partial charge on any atom is 0.243 e. The summed E-state index contributed by atoms with van der Waals surface area (Å²) in [6.45, 7) is 2.72. The number of carbonyl (C=O) groups excluding carboxylic acids is 1. The van der Waals surface area contributed by atoms with Crippen LogP contribution in [0.15, 0.2) is 28.1 Å². The van der Waals surface area contributed by atoms with Crippen molar-refractivity contribution in [1.82, 2.24) is 4.31 Å². The zero-order chi connectivity index (χ0) is 18.9. The Labute approximate surface area is 168 Å². The summed E-state index contributed by atoms with van der Waals surface area (Å²) in [5.74, 6) is 1.43. The standard InChI is InChI=1S/C18H23N3O3S3/c22-17(13-26-18-19-7-11-25-18)21-10-3-4-14-12-15(5-6-16(14)21)27(23,24)20-8-1-2-9-20/h5-6,12H,1-4,7-11,13H2. The Morgan fingerprint density at radius 1 is 1.19 bits per heavy atom. The van der Waals surface area contributed by atoms with Gasteiger partial charge in [0, 0.05) is 31.1 Å². The largest absolute Gasteiger partial charge is 0.311 e. The van der Waals surface area contributed by atoms with Gasteiger partial charge in [0.15, 0.2) is 0 Å². The Bertz CT molecular complexity index is 864. The van der Waals surface area contributed by atoms with Crippen LogP contribution in [0.25, 0.3) is 0 Å². The van der Waals surface area contributed by atoms with E-state index < -0.39 is 10.0 Å². The fraction of sp³-hybridized carbons (Fsp3) is 0.556. The molecule has 0 unspecified atom stereocenters. The molecule has 3 aliphatic rings. The molecule has 27 heavy (non-hydrogen) atoms. The first kappa shape index (κ1) is 19.3. The molecular formula is C18H23N3O3S3.